The fourth-order valence-electron chi connectivity index (χ4n) is 2.43. The Bertz CT molecular complexity index is 959. The van der Waals surface area contributed by atoms with Gasteiger partial charge in [0.2, 0.25) is 5.88 Å². The first-order valence-electron chi connectivity index (χ1n) is 7.95. The van der Waals surface area contributed by atoms with Crippen LogP contribution in [0.15, 0.2) is 23.5 Å². The lowest BCUT2D eigenvalue weighted by atomic mass is 10.2. The molecule has 10 heteroatoms. The van der Waals surface area contributed by atoms with Gasteiger partial charge in [0.15, 0.2) is 17.4 Å². The summed E-state index contributed by atoms with van der Waals surface area (Å²) in [4.78, 5) is 15.9. The fraction of sp³-hybridized carbons (Fsp3) is 0.353. The van der Waals surface area contributed by atoms with Gasteiger partial charge in [-0.3, -0.25) is 4.98 Å². The number of halogens is 3. The maximum atomic E-state index is 12.3. The molecule has 0 aliphatic heterocycles. The van der Waals surface area contributed by atoms with Crippen molar-refractivity contribution in [1.29, 1.82) is 0 Å². The number of methoxy groups -OCH3 is 1. The minimum atomic E-state index is -4.42. The molecule has 3 aromatic heterocycles. The first-order chi connectivity index (χ1) is 12.8. The molecule has 0 bridgehead atoms. The lowest BCUT2D eigenvalue weighted by Gasteiger charge is -2.09. The second-order valence-corrected chi connectivity index (χ2v) is 6.77. The Morgan fingerprint density at radius 1 is 1.22 bits per heavy atom. The van der Waals surface area contributed by atoms with Gasteiger partial charge in [-0.1, -0.05) is 11.8 Å². The van der Waals surface area contributed by atoms with Crippen LogP contribution in [0.5, 0.6) is 11.6 Å². The Morgan fingerprint density at radius 2 is 2.00 bits per heavy atom. The van der Waals surface area contributed by atoms with E-state index in [9.17, 15) is 13.2 Å². The van der Waals surface area contributed by atoms with Gasteiger partial charge < -0.3 is 14.5 Å². The van der Waals surface area contributed by atoms with E-state index < -0.39 is 12.8 Å². The summed E-state index contributed by atoms with van der Waals surface area (Å²) in [6, 6.07) is 3.46. The Labute approximate surface area is 157 Å². The summed E-state index contributed by atoms with van der Waals surface area (Å²) in [5, 5.41) is 0.592. The summed E-state index contributed by atoms with van der Waals surface area (Å²) in [6.45, 7) is 2.17. The smallest absolute Gasteiger partial charge is 0.422 e. The highest BCUT2D eigenvalue weighted by Crippen LogP contribution is 2.28. The van der Waals surface area contributed by atoms with Gasteiger partial charge in [-0.15, -0.1) is 0 Å². The molecule has 0 amide bonds. The number of rotatable bonds is 6. The standard InChI is InChI=1S/C17H17F3N4O2S/c1-9-6-11-14(23-15(9)26-8-17(18,19)20)24-16(22-11)27-7-12-10(2)13(25-3)4-5-21-12/h4-6H,7-8H2,1-3H3,(H,22,23,24). The molecule has 0 aliphatic rings. The van der Waals surface area contributed by atoms with E-state index in [1.165, 1.54) is 11.8 Å². The molecule has 0 unspecified atom stereocenters. The van der Waals surface area contributed by atoms with E-state index in [2.05, 4.69) is 19.9 Å². The number of nitrogens with zero attached hydrogens (tertiary/aromatic N) is 3. The summed E-state index contributed by atoms with van der Waals surface area (Å²) in [5.74, 6) is 1.24. The number of thioether (sulfide) groups is 1. The third-order valence-electron chi connectivity index (χ3n) is 3.79. The molecule has 1 N–H and O–H groups in total. The zero-order valence-electron chi connectivity index (χ0n) is 14.8. The fourth-order valence-corrected chi connectivity index (χ4v) is 3.33. The van der Waals surface area contributed by atoms with E-state index in [1.807, 2.05) is 6.92 Å². The van der Waals surface area contributed by atoms with Gasteiger partial charge in [0, 0.05) is 23.1 Å². The number of aromatic amines is 1. The predicted molar refractivity (Wildman–Crippen MR) is 95.3 cm³/mol. The molecule has 3 aromatic rings. The summed E-state index contributed by atoms with van der Waals surface area (Å²) in [7, 11) is 1.60. The van der Waals surface area contributed by atoms with Crippen LogP contribution in [0, 0.1) is 13.8 Å². The average Bonchev–Trinajstić information content (AvgIpc) is 2.99. The van der Waals surface area contributed by atoms with Crippen molar-refractivity contribution in [2.24, 2.45) is 0 Å². The van der Waals surface area contributed by atoms with Crippen molar-refractivity contribution in [3.05, 3.63) is 35.2 Å². The molecule has 0 radical (unpaired) electrons. The molecule has 144 valence electrons. The van der Waals surface area contributed by atoms with Crippen molar-refractivity contribution in [2.75, 3.05) is 13.7 Å². The Balaban J connectivity index is 1.77. The van der Waals surface area contributed by atoms with Crippen LogP contribution in [0.3, 0.4) is 0 Å². The SMILES string of the molecule is COc1ccnc(CSc2nc3nc(OCC(F)(F)F)c(C)cc3[nH]2)c1C. The highest BCUT2D eigenvalue weighted by atomic mass is 32.2. The number of fused-ring (bicyclic) bond motifs is 1. The summed E-state index contributed by atoms with van der Waals surface area (Å²) < 4.78 is 47.1. The van der Waals surface area contributed by atoms with Crippen LogP contribution in [0.2, 0.25) is 0 Å². The van der Waals surface area contributed by atoms with Crippen molar-refractivity contribution >= 4 is 22.9 Å². The first kappa shape index (κ1) is 19.3. The Kier molecular flexibility index (Phi) is 5.45. The van der Waals surface area contributed by atoms with Gasteiger partial charge >= 0.3 is 6.18 Å². The summed E-state index contributed by atoms with van der Waals surface area (Å²) in [5.41, 5.74) is 3.23. The molecule has 0 aromatic carbocycles. The molecule has 6 nitrogen and oxygen atoms in total. The largest absolute Gasteiger partial charge is 0.496 e. The highest BCUT2D eigenvalue weighted by Gasteiger charge is 2.29. The molecule has 0 atom stereocenters. The summed E-state index contributed by atoms with van der Waals surface area (Å²) in [6.07, 6.45) is -2.74. The zero-order valence-corrected chi connectivity index (χ0v) is 15.7. The van der Waals surface area contributed by atoms with E-state index in [4.69, 9.17) is 9.47 Å². The van der Waals surface area contributed by atoms with Crippen molar-refractivity contribution < 1.29 is 22.6 Å². The number of nitrogens with one attached hydrogen (secondary N) is 1. The third-order valence-corrected chi connectivity index (χ3v) is 4.68. The van der Waals surface area contributed by atoms with E-state index in [1.54, 1.807) is 32.4 Å². The van der Waals surface area contributed by atoms with Crippen molar-refractivity contribution in [1.82, 2.24) is 19.9 Å². The number of pyridine rings is 2. The third kappa shape index (κ3) is 4.62. The van der Waals surface area contributed by atoms with Crippen molar-refractivity contribution in [3.63, 3.8) is 0 Å². The van der Waals surface area contributed by atoms with Crippen molar-refractivity contribution in [2.45, 2.75) is 30.9 Å². The minimum absolute atomic E-state index is 0.0758. The van der Waals surface area contributed by atoms with Crippen LogP contribution < -0.4 is 9.47 Å². The van der Waals surface area contributed by atoms with Gasteiger partial charge in [-0.2, -0.15) is 18.2 Å². The number of aryl methyl sites for hydroxylation is 1. The number of alkyl halides is 3. The lowest BCUT2D eigenvalue weighted by molar-refractivity contribution is -0.154. The van der Waals surface area contributed by atoms with Gasteiger partial charge in [-0.05, 0) is 26.0 Å². The molecule has 0 aliphatic carbocycles. The number of H-pyrrole nitrogens is 1. The van der Waals surface area contributed by atoms with Crippen LogP contribution in [-0.2, 0) is 5.75 Å². The predicted octanol–water partition coefficient (Wildman–Crippen LogP) is 4.21. The summed E-state index contributed by atoms with van der Waals surface area (Å²) >= 11 is 1.42. The second-order valence-electron chi connectivity index (χ2n) is 5.80. The highest BCUT2D eigenvalue weighted by molar-refractivity contribution is 7.98. The van der Waals surface area contributed by atoms with E-state index in [0.717, 1.165) is 17.0 Å². The van der Waals surface area contributed by atoms with Crippen LogP contribution in [0.25, 0.3) is 11.2 Å². The number of hydrogen-bond donors (Lipinski definition) is 1. The van der Waals surface area contributed by atoms with Gasteiger partial charge in [0.05, 0.1) is 18.3 Å². The number of aromatic nitrogens is 4. The molecule has 0 spiro atoms. The molecule has 3 heterocycles. The van der Waals surface area contributed by atoms with Gasteiger partial charge in [0.25, 0.3) is 0 Å². The monoisotopic (exact) mass is 398 g/mol. The number of ether oxygens (including phenoxy) is 2. The average molecular weight is 398 g/mol. The molecular weight excluding hydrogens is 381 g/mol. The van der Waals surface area contributed by atoms with Crippen LogP contribution >= 0.6 is 11.8 Å². The Morgan fingerprint density at radius 3 is 2.70 bits per heavy atom. The Hall–Kier alpha value is -2.49. The zero-order chi connectivity index (χ0) is 19.6. The maximum absolute atomic E-state index is 12.3. The van der Waals surface area contributed by atoms with Gasteiger partial charge in [0.1, 0.15) is 5.75 Å². The van der Waals surface area contributed by atoms with E-state index in [-0.39, 0.29) is 5.88 Å². The molecule has 0 saturated carbocycles. The maximum Gasteiger partial charge on any atom is 0.422 e. The van der Waals surface area contributed by atoms with Crippen LogP contribution in [0.4, 0.5) is 13.2 Å². The van der Waals surface area contributed by atoms with E-state index >= 15 is 0 Å². The number of hydrogen-bond acceptors (Lipinski definition) is 6. The molecular formula is C17H17F3N4O2S. The molecule has 0 fully saturated rings. The topological polar surface area (TPSA) is 72.9 Å². The van der Waals surface area contributed by atoms with Crippen molar-refractivity contribution in [3.8, 4) is 11.6 Å². The molecule has 3 rings (SSSR count). The molecule has 0 saturated heterocycles. The van der Waals surface area contributed by atoms with Crippen LogP contribution in [-0.4, -0.2) is 39.8 Å². The van der Waals surface area contributed by atoms with Gasteiger partial charge in [-0.25, -0.2) is 4.98 Å². The second kappa shape index (κ2) is 7.63. The van der Waals surface area contributed by atoms with E-state index in [0.29, 0.717) is 27.6 Å². The number of imidazole rings is 1. The lowest BCUT2D eigenvalue weighted by Crippen LogP contribution is -2.20. The minimum Gasteiger partial charge on any atom is -0.496 e. The quantitative estimate of drug-likeness (QED) is 0.627. The first-order valence-corrected chi connectivity index (χ1v) is 8.93. The van der Waals surface area contributed by atoms with Crippen LogP contribution in [0.1, 0.15) is 16.8 Å². The molecule has 27 heavy (non-hydrogen) atoms. The normalized spacial score (nSPS) is 11.8.